The summed E-state index contributed by atoms with van der Waals surface area (Å²) in [6, 6.07) is 5.14. The van der Waals surface area contributed by atoms with Crippen LogP contribution in [0.15, 0.2) is 28.7 Å². The number of benzene rings is 1. The Balaban J connectivity index is 1.85. The van der Waals surface area contributed by atoms with E-state index in [1.807, 2.05) is 0 Å². The summed E-state index contributed by atoms with van der Waals surface area (Å²) in [5.74, 6) is 0.670. The lowest BCUT2D eigenvalue weighted by Crippen LogP contribution is -2.16. The summed E-state index contributed by atoms with van der Waals surface area (Å²) in [6.07, 6.45) is -2.20. The second kappa shape index (κ2) is 4.91. The van der Waals surface area contributed by atoms with Gasteiger partial charge in [-0.2, -0.15) is 0 Å². The fraction of sp³-hybridized carbons (Fsp3) is 0.286. The van der Waals surface area contributed by atoms with Crippen molar-refractivity contribution in [3.63, 3.8) is 0 Å². The third-order valence-corrected chi connectivity index (χ3v) is 3.08. The Bertz CT molecular complexity index is 657. The number of nitrogens with zero attached hydrogens (tertiary/aromatic N) is 1. The summed E-state index contributed by atoms with van der Waals surface area (Å²) in [4.78, 5) is 15.0. The van der Waals surface area contributed by atoms with Gasteiger partial charge in [0.2, 0.25) is 5.89 Å². The second-order valence-electron chi connectivity index (χ2n) is 4.73. The van der Waals surface area contributed by atoms with E-state index in [4.69, 9.17) is 4.42 Å². The number of ether oxygens (including phenoxy) is 1. The monoisotopic (exact) mass is 297 g/mol. The maximum Gasteiger partial charge on any atom is 0.573 e. The van der Waals surface area contributed by atoms with Gasteiger partial charge >= 0.3 is 6.36 Å². The Labute approximate surface area is 117 Å². The standard InChI is InChI=1S/C14H10F3NO3/c15-14(16,17)21-10-5-3-9(4-6-10)13-18-11(7-19)12(20-13)8-1-2-8/h3-8H,1-2H2. The van der Waals surface area contributed by atoms with Crippen molar-refractivity contribution >= 4 is 6.29 Å². The molecular formula is C14H10F3NO3. The van der Waals surface area contributed by atoms with E-state index >= 15 is 0 Å². The molecule has 110 valence electrons. The van der Waals surface area contributed by atoms with Crippen molar-refractivity contribution in [3.8, 4) is 17.2 Å². The van der Waals surface area contributed by atoms with Crippen LogP contribution < -0.4 is 4.74 Å². The average Bonchev–Trinajstić information content (AvgIpc) is 3.17. The van der Waals surface area contributed by atoms with E-state index in [-0.39, 0.29) is 23.3 Å². The largest absolute Gasteiger partial charge is 0.573 e. The van der Waals surface area contributed by atoms with Gasteiger partial charge in [0.15, 0.2) is 6.29 Å². The summed E-state index contributed by atoms with van der Waals surface area (Å²) < 4.78 is 45.5. The number of aromatic nitrogens is 1. The Hall–Kier alpha value is -2.31. The highest BCUT2D eigenvalue weighted by Crippen LogP contribution is 2.42. The molecule has 4 nitrogen and oxygen atoms in total. The van der Waals surface area contributed by atoms with Crippen molar-refractivity contribution in [2.45, 2.75) is 25.1 Å². The van der Waals surface area contributed by atoms with Crippen LogP contribution in [0.2, 0.25) is 0 Å². The van der Waals surface area contributed by atoms with Crippen LogP contribution >= 0.6 is 0 Å². The van der Waals surface area contributed by atoms with Crippen LogP contribution in [0.25, 0.3) is 11.5 Å². The van der Waals surface area contributed by atoms with Gasteiger partial charge in [0.25, 0.3) is 0 Å². The van der Waals surface area contributed by atoms with E-state index in [0.29, 0.717) is 17.6 Å². The number of carbonyl (C=O) groups is 1. The maximum atomic E-state index is 12.1. The van der Waals surface area contributed by atoms with Crippen molar-refractivity contribution < 1.29 is 27.1 Å². The average molecular weight is 297 g/mol. The van der Waals surface area contributed by atoms with Gasteiger partial charge in [0.05, 0.1) is 0 Å². The molecule has 0 N–H and O–H groups in total. The third-order valence-electron chi connectivity index (χ3n) is 3.08. The quantitative estimate of drug-likeness (QED) is 0.802. The SMILES string of the molecule is O=Cc1nc(-c2ccc(OC(F)(F)F)cc2)oc1C1CC1. The summed E-state index contributed by atoms with van der Waals surface area (Å²) in [5, 5.41) is 0. The molecule has 3 rings (SSSR count). The minimum absolute atomic E-state index is 0.220. The van der Waals surface area contributed by atoms with Gasteiger partial charge in [-0.3, -0.25) is 4.79 Å². The van der Waals surface area contributed by atoms with Crippen LogP contribution in [0.3, 0.4) is 0 Å². The summed E-state index contributed by atoms with van der Waals surface area (Å²) in [5.41, 5.74) is 0.739. The van der Waals surface area contributed by atoms with Gasteiger partial charge in [-0.05, 0) is 37.1 Å². The lowest BCUT2D eigenvalue weighted by Gasteiger charge is -2.08. The molecule has 1 aliphatic rings. The van der Waals surface area contributed by atoms with Crippen molar-refractivity contribution in [3.05, 3.63) is 35.7 Å². The first-order chi connectivity index (χ1) is 9.96. The van der Waals surface area contributed by atoms with E-state index in [9.17, 15) is 18.0 Å². The molecule has 0 amide bonds. The molecule has 0 unspecified atom stereocenters. The Morgan fingerprint density at radius 3 is 2.43 bits per heavy atom. The van der Waals surface area contributed by atoms with Crippen LogP contribution in [-0.2, 0) is 0 Å². The first kappa shape index (κ1) is 13.7. The lowest BCUT2D eigenvalue weighted by atomic mass is 10.2. The van der Waals surface area contributed by atoms with Gasteiger partial charge in [-0.1, -0.05) is 0 Å². The van der Waals surface area contributed by atoms with Crippen molar-refractivity contribution in [1.82, 2.24) is 4.98 Å². The smallest absolute Gasteiger partial charge is 0.440 e. The first-order valence-corrected chi connectivity index (χ1v) is 6.28. The molecule has 0 aliphatic heterocycles. The molecule has 0 saturated heterocycles. The van der Waals surface area contributed by atoms with E-state index in [1.165, 1.54) is 24.3 Å². The number of oxazole rings is 1. The number of carbonyl (C=O) groups excluding carboxylic acids is 1. The molecular weight excluding hydrogens is 287 g/mol. The molecule has 1 aromatic heterocycles. The zero-order valence-corrected chi connectivity index (χ0v) is 10.7. The van der Waals surface area contributed by atoms with Gasteiger partial charge in [0.1, 0.15) is 17.2 Å². The molecule has 0 atom stereocenters. The number of hydrogen-bond acceptors (Lipinski definition) is 4. The lowest BCUT2D eigenvalue weighted by molar-refractivity contribution is -0.274. The van der Waals surface area contributed by atoms with Gasteiger partial charge < -0.3 is 9.15 Å². The predicted molar refractivity (Wildman–Crippen MR) is 66.0 cm³/mol. The van der Waals surface area contributed by atoms with Gasteiger partial charge in [0, 0.05) is 11.5 Å². The first-order valence-electron chi connectivity index (χ1n) is 6.28. The molecule has 2 aromatic rings. The molecule has 0 bridgehead atoms. The zero-order valence-electron chi connectivity index (χ0n) is 10.7. The van der Waals surface area contributed by atoms with Crippen molar-refractivity contribution in [2.75, 3.05) is 0 Å². The minimum Gasteiger partial charge on any atom is -0.440 e. The molecule has 0 spiro atoms. The van der Waals surface area contributed by atoms with Gasteiger partial charge in [-0.15, -0.1) is 13.2 Å². The van der Waals surface area contributed by atoms with E-state index in [0.717, 1.165) is 12.8 Å². The highest BCUT2D eigenvalue weighted by Gasteiger charge is 2.32. The Morgan fingerprint density at radius 1 is 1.24 bits per heavy atom. The number of alkyl halides is 3. The van der Waals surface area contributed by atoms with Crippen LogP contribution in [-0.4, -0.2) is 17.6 Å². The summed E-state index contributed by atoms with van der Waals surface area (Å²) in [6.45, 7) is 0. The zero-order chi connectivity index (χ0) is 15.0. The van der Waals surface area contributed by atoms with E-state index in [2.05, 4.69) is 9.72 Å². The fourth-order valence-electron chi connectivity index (χ4n) is 1.99. The van der Waals surface area contributed by atoms with E-state index in [1.54, 1.807) is 0 Å². The van der Waals surface area contributed by atoms with E-state index < -0.39 is 6.36 Å². The molecule has 7 heteroatoms. The molecule has 1 aromatic carbocycles. The highest BCUT2D eigenvalue weighted by molar-refractivity contribution is 5.75. The van der Waals surface area contributed by atoms with Crippen LogP contribution in [0.5, 0.6) is 5.75 Å². The van der Waals surface area contributed by atoms with Crippen molar-refractivity contribution in [2.24, 2.45) is 0 Å². The fourth-order valence-corrected chi connectivity index (χ4v) is 1.99. The van der Waals surface area contributed by atoms with Gasteiger partial charge in [-0.25, -0.2) is 4.98 Å². The summed E-state index contributed by atoms with van der Waals surface area (Å²) in [7, 11) is 0. The Kier molecular flexibility index (Phi) is 3.19. The molecule has 1 aliphatic carbocycles. The summed E-state index contributed by atoms with van der Waals surface area (Å²) >= 11 is 0. The third kappa shape index (κ3) is 3.07. The normalized spacial score (nSPS) is 15.0. The second-order valence-corrected chi connectivity index (χ2v) is 4.73. The topological polar surface area (TPSA) is 52.3 Å². The highest BCUT2D eigenvalue weighted by atomic mass is 19.4. The molecule has 21 heavy (non-hydrogen) atoms. The number of halogens is 3. The maximum absolute atomic E-state index is 12.1. The van der Waals surface area contributed by atoms with Crippen LogP contribution in [0.4, 0.5) is 13.2 Å². The Morgan fingerprint density at radius 2 is 1.90 bits per heavy atom. The minimum atomic E-state index is -4.73. The number of rotatable bonds is 4. The molecule has 1 heterocycles. The van der Waals surface area contributed by atoms with Crippen LogP contribution in [0.1, 0.15) is 35.0 Å². The number of hydrogen-bond donors (Lipinski definition) is 0. The molecule has 1 fully saturated rings. The molecule has 0 radical (unpaired) electrons. The van der Waals surface area contributed by atoms with Crippen molar-refractivity contribution in [1.29, 1.82) is 0 Å². The van der Waals surface area contributed by atoms with Crippen LogP contribution in [0, 0.1) is 0 Å². The number of aldehydes is 1. The predicted octanol–water partition coefficient (Wildman–Crippen LogP) is 3.93. The molecule has 1 saturated carbocycles.